The number of ether oxygens (including phenoxy) is 2. The molecular formula is C18H28N6O8S. The Morgan fingerprint density at radius 3 is 2.42 bits per heavy atom. The zero-order chi connectivity index (χ0) is 25.1. The van der Waals surface area contributed by atoms with Gasteiger partial charge in [-0.2, -0.15) is 9.97 Å². The summed E-state index contributed by atoms with van der Waals surface area (Å²) in [5, 5.41) is 11.0. The Bertz CT molecular complexity index is 1040. The maximum absolute atomic E-state index is 12.8. The maximum Gasteiger partial charge on any atom is 0.410 e. The van der Waals surface area contributed by atoms with Crippen LogP contribution in [0.1, 0.15) is 34.1 Å². The Hall–Kier alpha value is -3.23. The van der Waals surface area contributed by atoms with Gasteiger partial charge in [0.05, 0.1) is 18.1 Å². The van der Waals surface area contributed by atoms with Crippen molar-refractivity contribution in [2.75, 3.05) is 43.1 Å². The Morgan fingerprint density at radius 1 is 1.27 bits per heavy atom. The van der Waals surface area contributed by atoms with Crippen LogP contribution in [0.25, 0.3) is 0 Å². The summed E-state index contributed by atoms with van der Waals surface area (Å²) in [7, 11) is -3.98. The Labute approximate surface area is 191 Å². The van der Waals surface area contributed by atoms with Gasteiger partial charge in [0, 0.05) is 19.3 Å². The SMILES string of the molecule is CCOC(=O)C1CN(C(=O)OC(C)(C)C)CCCN1c1nc(S(C)(=O)=O)nc(N)c1[N+](=O)[O-]. The van der Waals surface area contributed by atoms with Crippen molar-refractivity contribution in [3.8, 4) is 0 Å². The van der Waals surface area contributed by atoms with Gasteiger partial charge < -0.3 is 25.0 Å². The van der Waals surface area contributed by atoms with Gasteiger partial charge in [0.1, 0.15) is 11.6 Å². The summed E-state index contributed by atoms with van der Waals surface area (Å²) in [6.07, 6.45) is 0.421. The molecule has 14 nitrogen and oxygen atoms in total. The molecule has 15 heteroatoms. The molecule has 1 aliphatic rings. The second-order valence-electron chi connectivity index (χ2n) is 8.33. The van der Waals surface area contributed by atoms with Crippen LogP contribution < -0.4 is 10.6 Å². The van der Waals surface area contributed by atoms with Crippen molar-refractivity contribution in [1.82, 2.24) is 14.9 Å². The minimum Gasteiger partial charge on any atom is -0.464 e. The number of carbonyl (C=O) groups excluding carboxylic acids is 2. The van der Waals surface area contributed by atoms with E-state index in [1.54, 1.807) is 27.7 Å². The molecule has 0 aromatic carbocycles. The highest BCUT2D eigenvalue weighted by Crippen LogP contribution is 2.34. The molecule has 0 spiro atoms. The highest BCUT2D eigenvalue weighted by molar-refractivity contribution is 7.90. The van der Waals surface area contributed by atoms with E-state index in [9.17, 15) is 28.1 Å². The van der Waals surface area contributed by atoms with Gasteiger partial charge in [0.2, 0.25) is 21.5 Å². The molecule has 0 radical (unpaired) electrons. The molecule has 2 rings (SSSR count). The highest BCUT2D eigenvalue weighted by Gasteiger charge is 2.40. The average Bonchev–Trinajstić information content (AvgIpc) is 2.88. The number of esters is 1. The number of rotatable bonds is 5. The highest BCUT2D eigenvalue weighted by atomic mass is 32.2. The molecular weight excluding hydrogens is 460 g/mol. The molecule has 0 aliphatic carbocycles. The van der Waals surface area contributed by atoms with Crippen molar-refractivity contribution in [3.05, 3.63) is 10.1 Å². The zero-order valence-corrected chi connectivity index (χ0v) is 19.9. The van der Waals surface area contributed by atoms with E-state index in [1.807, 2.05) is 0 Å². The summed E-state index contributed by atoms with van der Waals surface area (Å²) < 4.78 is 34.6. The third-order valence-corrected chi connectivity index (χ3v) is 5.31. The topological polar surface area (TPSA) is 188 Å². The number of sulfone groups is 1. The fourth-order valence-electron chi connectivity index (χ4n) is 3.15. The average molecular weight is 489 g/mol. The molecule has 1 atom stereocenters. The van der Waals surface area contributed by atoms with E-state index in [4.69, 9.17) is 15.2 Å². The van der Waals surface area contributed by atoms with Crippen LogP contribution in [0.4, 0.5) is 22.1 Å². The first-order chi connectivity index (χ1) is 15.2. The molecule has 1 amide bonds. The summed E-state index contributed by atoms with van der Waals surface area (Å²) in [5.41, 5.74) is 4.17. The predicted molar refractivity (Wildman–Crippen MR) is 116 cm³/mol. The summed E-state index contributed by atoms with van der Waals surface area (Å²) in [6.45, 7) is 6.63. The number of anilines is 2. The van der Waals surface area contributed by atoms with Crippen molar-refractivity contribution in [2.24, 2.45) is 0 Å². The lowest BCUT2D eigenvalue weighted by Crippen LogP contribution is -2.50. The van der Waals surface area contributed by atoms with Crippen molar-refractivity contribution < 1.29 is 32.4 Å². The van der Waals surface area contributed by atoms with Crippen LogP contribution in [-0.4, -0.2) is 84.4 Å². The van der Waals surface area contributed by atoms with Gasteiger partial charge in [-0.05, 0) is 34.1 Å². The number of carbonyl (C=O) groups is 2. The number of nitro groups is 1. The van der Waals surface area contributed by atoms with E-state index >= 15 is 0 Å². The lowest BCUT2D eigenvalue weighted by Gasteiger charge is -2.31. The normalized spacial score (nSPS) is 17.3. The van der Waals surface area contributed by atoms with Gasteiger partial charge in [0.15, 0.2) is 0 Å². The summed E-state index contributed by atoms with van der Waals surface area (Å²) in [6, 6.07) is -1.24. The fourth-order valence-corrected chi connectivity index (χ4v) is 3.67. The van der Waals surface area contributed by atoms with Crippen LogP contribution in [0, 0.1) is 10.1 Å². The van der Waals surface area contributed by atoms with Gasteiger partial charge in [-0.15, -0.1) is 0 Å². The number of nitrogens with zero attached hydrogens (tertiary/aromatic N) is 5. The Morgan fingerprint density at radius 2 is 1.91 bits per heavy atom. The molecule has 0 bridgehead atoms. The minimum absolute atomic E-state index is 0.0121. The van der Waals surface area contributed by atoms with Crippen LogP contribution in [-0.2, 0) is 24.1 Å². The summed E-state index contributed by atoms with van der Waals surface area (Å²) >= 11 is 0. The summed E-state index contributed by atoms with van der Waals surface area (Å²) in [4.78, 5) is 46.3. The smallest absolute Gasteiger partial charge is 0.410 e. The number of nitrogens with two attached hydrogens (primary N) is 1. The largest absolute Gasteiger partial charge is 0.464 e. The van der Waals surface area contributed by atoms with Crippen molar-refractivity contribution in [3.63, 3.8) is 0 Å². The quantitative estimate of drug-likeness (QED) is 0.265. The number of hydrogen-bond donors (Lipinski definition) is 1. The van der Waals surface area contributed by atoms with Gasteiger partial charge in [-0.25, -0.2) is 18.0 Å². The van der Waals surface area contributed by atoms with Crippen LogP contribution in [0.15, 0.2) is 5.16 Å². The zero-order valence-electron chi connectivity index (χ0n) is 19.1. The molecule has 33 heavy (non-hydrogen) atoms. The fraction of sp³-hybridized carbons (Fsp3) is 0.667. The van der Waals surface area contributed by atoms with Crippen LogP contribution in [0.2, 0.25) is 0 Å². The van der Waals surface area contributed by atoms with Gasteiger partial charge in [-0.3, -0.25) is 10.1 Å². The molecule has 1 aliphatic heterocycles. The molecule has 184 valence electrons. The molecule has 2 N–H and O–H groups in total. The lowest BCUT2D eigenvalue weighted by molar-refractivity contribution is -0.383. The van der Waals surface area contributed by atoms with Crippen molar-refractivity contribution in [1.29, 1.82) is 0 Å². The van der Waals surface area contributed by atoms with Gasteiger partial charge >= 0.3 is 17.7 Å². The van der Waals surface area contributed by atoms with Crippen LogP contribution >= 0.6 is 0 Å². The molecule has 1 fully saturated rings. The number of nitrogen functional groups attached to an aromatic ring is 1. The standard InChI is InChI=1S/C18H28N6O8S/c1-6-31-15(25)11-10-22(17(26)32-18(2,3)4)8-7-9-23(11)14-12(24(27)28)13(19)20-16(21-14)33(5,29)30/h11H,6-10H2,1-5H3,(H2,19,20,21). The Balaban J connectivity index is 2.61. The van der Waals surface area contributed by atoms with E-state index in [-0.39, 0.29) is 32.7 Å². The maximum atomic E-state index is 12.8. The van der Waals surface area contributed by atoms with Crippen LogP contribution in [0.5, 0.6) is 0 Å². The molecule has 1 unspecified atom stereocenters. The first-order valence-corrected chi connectivity index (χ1v) is 12.0. The molecule has 1 aromatic heterocycles. The number of hydrogen-bond acceptors (Lipinski definition) is 12. The van der Waals surface area contributed by atoms with E-state index in [1.165, 1.54) is 9.80 Å². The second-order valence-corrected chi connectivity index (χ2v) is 10.2. The van der Waals surface area contributed by atoms with Crippen molar-refractivity contribution >= 4 is 39.2 Å². The third-order valence-electron chi connectivity index (χ3n) is 4.47. The van der Waals surface area contributed by atoms with E-state index in [0.29, 0.717) is 0 Å². The number of amides is 1. The van der Waals surface area contributed by atoms with Gasteiger partial charge in [-0.1, -0.05) is 0 Å². The monoisotopic (exact) mass is 488 g/mol. The second kappa shape index (κ2) is 9.72. The molecule has 0 saturated carbocycles. The lowest BCUT2D eigenvalue weighted by atomic mass is 10.2. The molecule has 2 heterocycles. The minimum atomic E-state index is -3.98. The Kier molecular flexibility index (Phi) is 7.67. The van der Waals surface area contributed by atoms with E-state index < -0.39 is 60.9 Å². The van der Waals surface area contributed by atoms with Crippen LogP contribution in [0.3, 0.4) is 0 Å². The number of aromatic nitrogens is 2. The summed E-state index contributed by atoms with van der Waals surface area (Å²) in [5.74, 6) is -1.89. The molecule has 1 saturated heterocycles. The molecule has 1 aromatic rings. The van der Waals surface area contributed by atoms with Crippen molar-refractivity contribution in [2.45, 2.75) is 50.9 Å². The van der Waals surface area contributed by atoms with E-state index in [0.717, 1.165) is 6.26 Å². The third kappa shape index (κ3) is 6.40. The first kappa shape index (κ1) is 26.0. The van der Waals surface area contributed by atoms with Gasteiger partial charge in [0.25, 0.3) is 5.16 Å². The van der Waals surface area contributed by atoms with E-state index in [2.05, 4.69) is 9.97 Å². The predicted octanol–water partition coefficient (Wildman–Crippen LogP) is 0.749. The first-order valence-electron chi connectivity index (χ1n) is 10.1.